The Morgan fingerprint density at radius 1 is 1.35 bits per heavy atom. The molecule has 1 spiro atoms. The lowest BCUT2D eigenvalue weighted by atomic mass is 9.78. The van der Waals surface area contributed by atoms with E-state index in [4.69, 9.17) is 14.0 Å². The molecule has 1 atom stereocenters. The number of nitrogens with one attached hydrogen (secondary N) is 1. The zero-order chi connectivity index (χ0) is 21.7. The standard InChI is InChI=1S/C22H29FN4O4/c1-29-12-7-19-25-20(31-26-19)14-16-6-13-30-22(15-16)8-10-27(11-9-22)21(28)24-18-5-3-2-4-17(18)23/h2-5,16H,6-15H2,1H3,(H,24,28). The Bertz CT molecular complexity index is 882. The molecule has 0 saturated carbocycles. The molecule has 2 aliphatic rings. The fourth-order valence-electron chi connectivity index (χ4n) is 4.44. The molecule has 0 aliphatic carbocycles. The highest BCUT2D eigenvalue weighted by Gasteiger charge is 2.41. The quantitative estimate of drug-likeness (QED) is 0.752. The highest BCUT2D eigenvalue weighted by Crippen LogP contribution is 2.38. The van der Waals surface area contributed by atoms with Crippen LogP contribution in [0.4, 0.5) is 14.9 Å². The Labute approximate surface area is 181 Å². The van der Waals surface area contributed by atoms with Crippen molar-refractivity contribution in [1.29, 1.82) is 0 Å². The molecule has 0 radical (unpaired) electrons. The molecule has 2 aromatic rings. The van der Waals surface area contributed by atoms with Crippen molar-refractivity contribution in [1.82, 2.24) is 15.0 Å². The smallest absolute Gasteiger partial charge is 0.321 e. The van der Waals surface area contributed by atoms with E-state index >= 15 is 0 Å². The number of benzene rings is 1. The van der Waals surface area contributed by atoms with Gasteiger partial charge in [-0.2, -0.15) is 4.98 Å². The third-order valence-electron chi connectivity index (χ3n) is 6.18. The number of amides is 2. The van der Waals surface area contributed by atoms with Crippen LogP contribution in [0, 0.1) is 11.7 Å². The number of likely N-dealkylation sites (tertiary alicyclic amines) is 1. The summed E-state index contributed by atoms with van der Waals surface area (Å²) < 4.78 is 30.5. The van der Waals surface area contributed by atoms with Gasteiger partial charge in [-0.15, -0.1) is 0 Å². The summed E-state index contributed by atoms with van der Waals surface area (Å²) in [4.78, 5) is 18.7. The molecule has 2 saturated heterocycles. The predicted octanol–water partition coefficient (Wildman–Crippen LogP) is 3.43. The number of urea groups is 1. The molecule has 8 nitrogen and oxygen atoms in total. The number of para-hydroxylation sites is 1. The average Bonchev–Trinajstić information content (AvgIpc) is 3.21. The highest BCUT2D eigenvalue weighted by molar-refractivity contribution is 5.89. The van der Waals surface area contributed by atoms with E-state index in [1.165, 1.54) is 6.07 Å². The van der Waals surface area contributed by atoms with E-state index in [1.54, 1.807) is 30.2 Å². The number of carbonyl (C=O) groups excluding carboxylic acids is 1. The first-order chi connectivity index (χ1) is 15.1. The van der Waals surface area contributed by atoms with Gasteiger partial charge < -0.3 is 24.2 Å². The van der Waals surface area contributed by atoms with Gasteiger partial charge in [0.05, 0.1) is 17.9 Å². The molecule has 31 heavy (non-hydrogen) atoms. The molecular formula is C22H29FN4O4. The number of carbonyl (C=O) groups is 1. The maximum absolute atomic E-state index is 13.8. The SMILES string of the molecule is COCCc1noc(CC2CCOC3(CCN(C(=O)Nc4ccccc4F)CC3)C2)n1. The Morgan fingerprint density at radius 3 is 2.94 bits per heavy atom. The van der Waals surface area contributed by atoms with E-state index in [0.717, 1.165) is 32.1 Å². The molecule has 2 amide bonds. The Hall–Kier alpha value is -2.52. The van der Waals surface area contributed by atoms with Gasteiger partial charge in [-0.05, 0) is 43.7 Å². The van der Waals surface area contributed by atoms with Crippen LogP contribution < -0.4 is 5.32 Å². The number of rotatable bonds is 6. The molecule has 2 fully saturated rings. The summed E-state index contributed by atoms with van der Waals surface area (Å²) >= 11 is 0. The van der Waals surface area contributed by atoms with E-state index in [1.807, 2.05) is 0 Å². The Balaban J connectivity index is 1.29. The number of hydrogen-bond acceptors (Lipinski definition) is 6. The predicted molar refractivity (Wildman–Crippen MR) is 111 cm³/mol. The number of methoxy groups -OCH3 is 1. The molecule has 2 aliphatic heterocycles. The normalized spacial score (nSPS) is 20.7. The summed E-state index contributed by atoms with van der Waals surface area (Å²) in [6.45, 7) is 2.42. The van der Waals surface area contributed by atoms with Crippen molar-refractivity contribution in [3.63, 3.8) is 0 Å². The topological polar surface area (TPSA) is 89.7 Å². The van der Waals surface area contributed by atoms with Crippen molar-refractivity contribution in [3.05, 3.63) is 41.8 Å². The Kier molecular flexibility index (Phi) is 6.82. The molecule has 3 heterocycles. The van der Waals surface area contributed by atoms with Crippen LogP contribution >= 0.6 is 0 Å². The van der Waals surface area contributed by atoms with Crippen LogP contribution in [0.3, 0.4) is 0 Å². The lowest BCUT2D eigenvalue weighted by molar-refractivity contribution is -0.123. The second-order valence-electron chi connectivity index (χ2n) is 8.34. The van der Waals surface area contributed by atoms with Gasteiger partial charge in [-0.25, -0.2) is 9.18 Å². The summed E-state index contributed by atoms with van der Waals surface area (Å²) in [5.41, 5.74) is -0.0254. The van der Waals surface area contributed by atoms with Gasteiger partial charge in [0.15, 0.2) is 5.82 Å². The molecule has 1 N–H and O–H groups in total. The zero-order valence-corrected chi connectivity index (χ0v) is 17.8. The first-order valence-electron chi connectivity index (χ1n) is 10.8. The maximum Gasteiger partial charge on any atom is 0.321 e. The van der Waals surface area contributed by atoms with E-state index in [9.17, 15) is 9.18 Å². The minimum atomic E-state index is -0.436. The molecule has 0 bridgehead atoms. The van der Waals surface area contributed by atoms with Crippen LogP contribution in [-0.2, 0) is 22.3 Å². The number of nitrogens with zero attached hydrogens (tertiary/aromatic N) is 3. The van der Waals surface area contributed by atoms with E-state index < -0.39 is 5.82 Å². The van der Waals surface area contributed by atoms with Crippen LogP contribution in [0.5, 0.6) is 0 Å². The van der Waals surface area contributed by atoms with E-state index in [-0.39, 0.29) is 17.3 Å². The third-order valence-corrected chi connectivity index (χ3v) is 6.18. The van der Waals surface area contributed by atoms with Crippen LogP contribution in [0.25, 0.3) is 0 Å². The first-order valence-corrected chi connectivity index (χ1v) is 10.8. The fourth-order valence-corrected chi connectivity index (χ4v) is 4.44. The number of ether oxygens (including phenoxy) is 2. The summed E-state index contributed by atoms with van der Waals surface area (Å²) in [6.07, 6.45) is 4.76. The van der Waals surface area contributed by atoms with Crippen molar-refractivity contribution in [2.24, 2.45) is 5.92 Å². The third kappa shape index (κ3) is 5.40. The zero-order valence-electron chi connectivity index (χ0n) is 17.8. The van der Waals surface area contributed by atoms with Gasteiger partial charge in [-0.1, -0.05) is 17.3 Å². The van der Waals surface area contributed by atoms with Gasteiger partial charge in [-0.3, -0.25) is 0 Å². The molecule has 1 unspecified atom stereocenters. The molecular weight excluding hydrogens is 403 g/mol. The molecule has 4 rings (SSSR count). The van der Waals surface area contributed by atoms with Crippen molar-refractivity contribution < 1.29 is 23.2 Å². The van der Waals surface area contributed by atoms with Crippen molar-refractivity contribution in [3.8, 4) is 0 Å². The second-order valence-corrected chi connectivity index (χ2v) is 8.34. The van der Waals surface area contributed by atoms with Crippen LogP contribution in [0.1, 0.15) is 37.4 Å². The lowest BCUT2D eigenvalue weighted by Crippen LogP contribution is -2.51. The number of anilines is 1. The monoisotopic (exact) mass is 432 g/mol. The minimum Gasteiger partial charge on any atom is -0.384 e. The molecule has 168 valence electrons. The Morgan fingerprint density at radius 2 is 2.16 bits per heavy atom. The number of aromatic nitrogens is 2. The van der Waals surface area contributed by atoms with Gasteiger partial charge in [0.2, 0.25) is 5.89 Å². The molecule has 9 heteroatoms. The van der Waals surface area contributed by atoms with Crippen molar-refractivity contribution in [2.75, 3.05) is 38.7 Å². The number of hydrogen-bond donors (Lipinski definition) is 1. The van der Waals surface area contributed by atoms with Crippen LogP contribution in [0.2, 0.25) is 0 Å². The fraction of sp³-hybridized carbons (Fsp3) is 0.591. The average molecular weight is 432 g/mol. The summed E-state index contributed by atoms with van der Waals surface area (Å²) in [5.74, 6) is 1.31. The van der Waals surface area contributed by atoms with E-state index in [0.29, 0.717) is 50.4 Å². The number of halogens is 1. The minimum absolute atomic E-state index is 0.200. The number of piperidine rings is 1. The summed E-state index contributed by atoms with van der Waals surface area (Å²) in [6, 6.07) is 5.92. The lowest BCUT2D eigenvalue weighted by Gasteiger charge is -2.46. The largest absolute Gasteiger partial charge is 0.384 e. The van der Waals surface area contributed by atoms with E-state index in [2.05, 4.69) is 15.5 Å². The van der Waals surface area contributed by atoms with Crippen molar-refractivity contribution >= 4 is 11.7 Å². The first kappa shape index (κ1) is 21.7. The van der Waals surface area contributed by atoms with Gasteiger partial charge >= 0.3 is 6.03 Å². The van der Waals surface area contributed by atoms with Crippen LogP contribution in [0.15, 0.2) is 28.8 Å². The van der Waals surface area contributed by atoms with Gasteiger partial charge in [0.25, 0.3) is 0 Å². The second kappa shape index (κ2) is 9.74. The molecule has 1 aromatic carbocycles. The maximum atomic E-state index is 13.8. The summed E-state index contributed by atoms with van der Waals surface area (Å²) in [7, 11) is 1.65. The molecule has 1 aromatic heterocycles. The van der Waals surface area contributed by atoms with Crippen molar-refractivity contribution in [2.45, 2.75) is 44.1 Å². The van der Waals surface area contributed by atoms with Gasteiger partial charge in [0.1, 0.15) is 5.82 Å². The van der Waals surface area contributed by atoms with Gasteiger partial charge in [0, 0.05) is 39.6 Å². The highest BCUT2D eigenvalue weighted by atomic mass is 19.1. The summed E-state index contributed by atoms with van der Waals surface area (Å²) in [5, 5.41) is 6.68. The van der Waals surface area contributed by atoms with Crippen LogP contribution in [-0.4, -0.2) is 60.1 Å².